The first-order chi connectivity index (χ1) is 7.38. The molecule has 1 heteroatoms. The van der Waals surface area contributed by atoms with E-state index in [-0.39, 0.29) is 0 Å². The van der Waals surface area contributed by atoms with Gasteiger partial charge in [-0.15, -0.1) is 0 Å². The Morgan fingerprint density at radius 3 is 2.06 bits per heavy atom. The first-order valence-corrected chi connectivity index (χ1v) is 6.17. The number of benzene rings is 1. The molecule has 0 amide bonds. The average molecular weight is 218 g/mol. The Labute approximate surface area is 98.5 Å². The van der Waals surface area contributed by atoms with E-state index >= 15 is 0 Å². The van der Waals surface area contributed by atoms with Gasteiger partial charge in [-0.25, -0.2) is 0 Å². The number of hydrogen-bond acceptors (Lipinski definition) is 1. The predicted octanol–water partition coefficient (Wildman–Crippen LogP) is 3.34. The lowest BCUT2D eigenvalue weighted by molar-refractivity contribution is 0.0312. The summed E-state index contributed by atoms with van der Waals surface area (Å²) < 4.78 is 0. The molecule has 0 aromatic heterocycles. The van der Waals surface area contributed by atoms with Gasteiger partial charge in [0.05, 0.1) is 5.60 Å². The lowest BCUT2D eigenvalue weighted by atomic mass is 9.83. The molecule has 0 atom stereocenters. The molecule has 0 saturated heterocycles. The lowest BCUT2D eigenvalue weighted by Crippen LogP contribution is -2.30. The summed E-state index contributed by atoms with van der Waals surface area (Å²) in [5.74, 6) is 0. The Hall–Kier alpha value is -0.820. The molecule has 0 radical (unpaired) electrons. The van der Waals surface area contributed by atoms with Crippen LogP contribution in [0.3, 0.4) is 0 Å². The maximum Gasteiger partial charge on any atom is 0.0728 e. The van der Waals surface area contributed by atoms with Gasteiger partial charge in [0.15, 0.2) is 0 Å². The molecule has 0 unspecified atom stereocenters. The van der Waals surface area contributed by atoms with Gasteiger partial charge in [-0.1, -0.05) is 45.0 Å². The van der Waals surface area contributed by atoms with E-state index in [9.17, 15) is 5.11 Å². The van der Waals surface area contributed by atoms with Crippen molar-refractivity contribution < 1.29 is 5.11 Å². The normalized spacial score (nSPS) is 18.5. The van der Waals surface area contributed by atoms with Crippen molar-refractivity contribution in [1.82, 2.24) is 0 Å². The van der Waals surface area contributed by atoms with Crippen LogP contribution >= 0.6 is 0 Å². The monoisotopic (exact) mass is 218 g/mol. The minimum absolute atomic E-state index is 0.310. The third-order valence-electron chi connectivity index (χ3n) is 3.50. The Morgan fingerprint density at radius 2 is 1.62 bits per heavy atom. The van der Waals surface area contributed by atoms with E-state index < -0.39 is 5.60 Å². The third-order valence-corrected chi connectivity index (χ3v) is 3.50. The summed E-state index contributed by atoms with van der Waals surface area (Å²) in [5, 5.41) is 10.6. The summed E-state index contributed by atoms with van der Waals surface area (Å²) >= 11 is 0. The largest absolute Gasteiger partial charge is 0.389 e. The number of hydrogen-bond donors (Lipinski definition) is 1. The van der Waals surface area contributed by atoms with E-state index in [4.69, 9.17) is 0 Å². The molecule has 1 aromatic rings. The van der Waals surface area contributed by atoms with Gasteiger partial charge in [-0.2, -0.15) is 0 Å². The number of fused-ring (bicyclic) bond motifs is 1. The molecule has 1 N–H and O–H groups in total. The van der Waals surface area contributed by atoms with Gasteiger partial charge >= 0.3 is 0 Å². The fourth-order valence-electron chi connectivity index (χ4n) is 2.46. The standard InChI is InChI=1S/C15H22O/c1-14(2,3)8-9-15(16)10-12-6-4-5-7-13(12)11-15/h4-7,16H,8-11H2,1-3H3. The highest BCUT2D eigenvalue weighted by atomic mass is 16.3. The maximum absolute atomic E-state index is 10.6. The van der Waals surface area contributed by atoms with Crippen LogP contribution in [-0.2, 0) is 12.8 Å². The molecule has 0 aliphatic heterocycles. The van der Waals surface area contributed by atoms with Crippen LogP contribution in [-0.4, -0.2) is 10.7 Å². The molecule has 0 heterocycles. The van der Waals surface area contributed by atoms with Gasteiger partial charge in [0.2, 0.25) is 0 Å². The molecule has 1 aromatic carbocycles. The van der Waals surface area contributed by atoms with Crippen molar-refractivity contribution >= 4 is 0 Å². The highest BCUT2D eigenvalue weighted by Crippen LogP contribution is 2.35. The van der Waals surface area contributed by atoms with E-state index in [1.54, 1.807) is 0 Å². The number of aliphatic hydroxyl groups is 1. The first kappa shape index (κ1) is 11.7. The van der Waals surface area contributed by atoms with Gasteiger partial charge in [0.25, 0.3) is 0 Å². The van der Waals surface area contributed by atoms with Gasteiger partial charge in [0.1, 0.15) is 0 Å². The summed E-state index contributed by atoms with van der Waals surface area (Å²) in [6, 6.07) is 8.41. The van der Waals surface area contributed by atoms with Crippen LogP contribution < -0.4 is 0 Å². The van der Waals surface area contributed by atoms with E-state index in [2.05, 4.69) is 45.0 Å². The average Bonchev–Trinajstić information content (AvgIpc) is 2.51. The minimum Gasteiger partial charge on any atom is -0.389 e. The minimum atomic E-state index is -0.489. The lowest BCUT2D eigenvalue weighted by Gasteiger charge is -2.27. The Morgan fingerprint density at radius 1 is 1.12 bits per heavy atom. The van der Waals surface area contributed by atoms with Crippen molar-refractivity contribution in [2.24, 2.45) is 5.41 Å². The van der Waals surface area contributed by atoms with Crippen molar-refractivity contribution in [2.75, 3.05) is 0 Å². The topological polar surface area (TPSA) is 20.2 Å². The summed E-state index contributed by atoms with van der Waals surface area (Å²) in [4.78, 5) is 0. The highest BCUT2D eigenvalue weighted by Gasteiger charge is 2.35. The molecule has 88 valence electrons. The van der Waals surface area contributed by atoms with E-state index in [1.165, 1.54) is 11.1 Å². The molecule has 1 aliphatic rings. The first-order valence-electron chi connectivity index (χ1n) is 6.17. The van der Waals surface area contributed by atoms with Gasteiger partial charge in [0, 0.05) is 12.8 Å². The van der Waals surface area contributed by atoms with Crippen LogP contribution in [0.1, 0.15) is 44.7 Å². The molecule has 1 aliphatic carbocycles. The molecular weight excluding hydrogens is 196 g/mol. The van der Waals surface area contributed by atoms with Crippen molar-refractivity contribution in [3.63, 3.8) is 0 Å². The molecule has 0 bridgehead atoms. The maximum atomic E-state index is 10.6. The molecule has 0 saturated carbocycles. The quantitative estimate of drug-likeness (QED) is 0.807. The molecule has 1 nitrogen and oxygen atoms in total. The van der Waals surface area contributed by atoms with E-state index in [0.717, 1.165) is 25.7 Å². The molecule has 0 fully saturated rings. The Balaban J connectivity index is 2.03. The van der Waals surface area contributed by atoms with Gasteiger partial charge < -0.3 is 5.11 Å². The predicted molar refractivity (Wildman–Crippen MR) is 67.5 cm³/mol. The summed E-state index contributed by atoms with van der Waals surface area (Å²) in [5.41, 5.74) is 2.49. The third kappa shape index (κ3) is 2.65. The molecule has 2 rings (SSSR count). The van der Waals surface area contributed by atoms with Crippen molar-refractivity contribution in [2.45, 2.75) is 52.1 Å². The molecule has 0 spiro atoms. The second kappa shape index (κ2) is 3.89. The summed E-state index contributed by atoms with van der Waals surface area (Å²) in [6.45, 7) is 6.70. The number of rotatable bonds is 2. The van der Waals surface area contributed by atoms with Gasteiger partial charge in [-0.3, -0.25) is 0 Å². The van der Waals surface area contributed by atoms with Crippen molar-refractivity contribution in [1.29, 1.82) is 0 Å². The smallest absolute Gasteiger partial charge is 0.0728 e. The Bertz CT molecular complexity index is 348. The summed E-state index contributed by atoms with van der Waals surface area (Å²) in [6.07, 6.45) is 3.65. The van der Waals surface area contributed by atoms with Crippen LogP contribution in [0.2, 0.25) is 0 Å². The zero-order valence-corrected chi connectivity index (χ0v) is 10.6. The molecular formula is C15H22O. The summed E-state index contributed by atoms with van der Waals surface area (Å²) in [7, 11) is 0. The SMILES string of the molecule is CC(C)(C)CCC1(O)Cc2ccccc2C1. The zero-order chi connectivity index (χ0) is 11.8. The van der Waals surface area contributed by atoms with E-state index in [0.29, 0.717) is 5.41 Å². The fraction of sp³-hybridized carbons (Fsp3) is 0.600. The van der Waals surface area contributed by atoms with Crippen LogP contribution in [0.5, 0.6) is 0 Å². The molecule has 16 heavy (non-hydrogen) atoms. The van der Waals surface area contributed by atoms with Crippen molar-refractivity contribution in [3.05, 3.63) is 35.4 Å². The second-order valence-electron chi connectivity index (χ2n) is 6.41. The van der Waals surface area contributed by atoms with Crippen LogP contribution in [0, 0.1) is 5.41 Å². The van der Waals surface area contributed by atoms with Crippen molar-refractivity contribution in [3.8, 4) is 0 Å². The second-order valence-corrected chi connectivity index (χ2v) is 6.41. The Kier molecular flexibility index (Phi) is 2.83. The van der Waals surface area contributed by atoms with Crippen LogP contribution in [0.4, 0.5) is 0 Å². The fourth-order valence-corrected chi connectivity index (χ4v) is 2.46. The zero-order valence-electron chi connectivity index (χ0n) is 10.6. The highest BCUT2D eigenvalue weighted by molar-refractivity contribution is 5.35. The van der Waals surface area contributed by atoms with Gasteiger partial charge in [-0.05, 0) is 29.4 Å². The van der Waals surface area contributed by atoms with Crippen LogP contribution in [0.25, 0.3) is 0 Å². The van der Waals surface area contributed by atoms with E-state index in [1.807, 2.05) is 0 Å². The van der Waals surface area contributed by atoms with Crippen LogP contribution in [0.15, 0.2) is 24.3 Å².